The first kappa shape index (κ1) is 18.7. The van der Waals surface area contributed by atoms with E-state index in [1.807, 2.05) is 0 Å². The van der Waals surface area contributed by atoms with Crippen molar-refractivity contribution >= 4 is 22.6 Å². The molecule has 0 saturated carbocycles. The fourth-order valence-corrected chi connectivity index (χ4v) is 2.99. The molecule has 10 heteroatoms. The first-order valence-electron chi connectivity index (χ1n) is 8.43. The van der Waals surface area contributed by atoms with Crippen molar-refractivity contribution in [3.05, 3.63) is 75.8 Å². The van der Waals surface area contributed by atoms with Crippen LogP contribution in [0.5, 0.6) is 0 Å². The Kier molecular flexibility index (Phi) is 4.33. The van der Waals surface area contributed by atoms with E-state index in [1.54, 1.807) is 35.7 Å². The van der Waals surface area contributed by atoms with Crippen LogP contribution in [-0.2, 0) is 24.6 Å². The van der Waals surface area contributed by atoms with Crippen LogP contribution in [0.2, 0.25) is 0 Å². The average molecular weight is 402 g/mol. The molecule has 0 atom stereocenters. The van der Waals surface area contributed by atoms with Gasteiger partial charge in [-0.3, -0.25) is 13.8 Å². The van der Waals surface area contributed by atoms with Gasteiger partial charge in [0.25, 0.3) is 5.56 Å². The molecule has 0 N–H and O–H groups in total. The van der Waals surface area contributed by atoms with Gasteiger partial charge in [-0.15, -0.1) is 10.2 Å². The zero-order valence-corrected chi connectivity index (χ0v) is 15.0. The summed E-state index contributed by atoms with van der Waals surface area (Å²) in [6.07, 6.45) is -4.49. The van der Waals surface area contributed by atoms with E-state index in [9.17, 15) is 22.8 Å². The normalized spacial score (nSPS) is 11.9. The third-order valence-electron chi connectivity index (χ3n) is 4.47. The van der Waals surface area contributed by atoms with E-state index < -0.39 is 17.7 Å². The number of halogens is 3. The summed E-state index contributed by atoms with van der Waals surface area (Å²) in [6, 6.07) is 10.6. The van der Waals surface area contributed by atoms with E-state index >= 15 is 0 Å². The molecule has 4 aromatic rings. The summed E-state index contributed by atoms with van der Waals surface area (Å²) in [4.78, 5) is 24.6. The Morgan fingerprint density at radius 3 is 2.45 bits per heavy atom. The smallest absolute Gasteiger partial charge is 0.416 e. The van der Waals surface area contributed by atoms with Gasteiger partial charge in [0.1, 0.15) is 0 Å². The Labute approximate surface area is 161 Å². The first-order valence-corrected chi connectivity index (χ1v) is 8.43. The van der Waals surface area contributed by atoms with Crippen LogP contribution in [0, 0.1) is 0 Å². The molecular formula is C19H13F3N4O3. The number of alkyl halides is 3. The van der Waals surface area contributed by atoms with Crippen molar-refractivity contribution in [2.45, 2.75) is 12.8 Å². The maximum atomic E-state index is 12.6. The predicted octanol–water partition coefficient (Wildman–Crippen LogP) is 2.96. The molecule has 0 aliphatic carbocycles. The number of hydrogen-bond acceptors (Lipinski definition) is 5. The summed E-state index contributed by atoms with van der Waals surface area (Å²) in [6.45, 7) is -0.275. The van der Waals surface area contributed by atoms with Gasteiger partial charge in [-0.2, -0.15) is 13.2 Å². The van der Waals surface area contributed by atoms with E-state index in [2.05, 4.69) is 10.2 Å². The summed E-state index contributed by atoms with van der Waals surface area (Å²) >= 11 is 0. The van der Waals surface area contributed by atoms with Gasteiger partial charge in [-0.25, -0.2) is 4.79 Å². The third kappa shape index (κ3) is 3.22. The summed E-state index contributed by atoms with van der Waals surface area (Å²) in [5, 5.41) is 8.41. The standard InChI is InChI=1S/C19H13F3N4O3/c1-25-16(27)13-4-2-3-5-14(13)26-15(23-24-18(25)26)10-29-17(28)11-6-8-12(9-7-11)19(20,21)22/h2-9H,10H2,1H3. The Morgan fingerprint density at radius 1 is 1.07 bits per heavy atom. The van der Waals surface area contributed by atoms with Crippen molar-refractivity contribution in [3.8, 4) is 0 Å². The lowest BCUT2D eigenvalue weighted by atomic mass is 10.1. The quantitative estimate of drug-likeness (QED) is 0.493. The minimum atomic E-state index is -4.49. The Morgan fingerprint density at radius 2 is 1.76 bits per heavy atom. The van der Waals surface area contributed by atoms with E-state index in [0.29, 0.717) is 10.9 Å². The van der Waals surface area contributed by atoms with Gasteiger partial charge in [0.15, 0.2) is 12.4 Å². The molecule has 0 fully saturated rings. The fourth-order valence-electron chi connectivity index (χ4n) is 2.99. The molecule has 0 amide bonds. The van der Waals surface area contributed by atoms with Crippen LogP contribution >= 0.6 is 0 Å². The van der Waals surface area contributed by atoms with Crippen molar-refractivity contribution in [1.82, 2.24) is 19.2 Å². The molecule has 0 radical (unpaired) electrons. The molecule has 2 aromatic heterocycles. The number of fused-ring (bicyclic) bond motifs is 3. The number of esters is 1. The van der Waals surface area contributed by atoms with Gasteiger partial charge < -0.3 is 4.74 Å². The second kappa shape index (κ2) is 6.73. The number of carbonyl (C=O) groups excluding carboxylic acids is 1. The Balaban J connectivity index is 1.64. The summed E-state index contributed by atoms with van der Waals surface area (Å²) in [5.41, 5.74) is -0.570. The van der Waals surface area contributed by atoms with E-state index in [4.69, 9.17) is 4.74 Å². The van der Waals surface area contributed by atoms with Gasteiger partial charge in [0, 0.05) is 7.05 Å². The molecule has 0 bridgehead atoms. The molecule has 29 heavy (non-hydrogen) atoms. The van der Waals surface area contributed by atoms with Crippen LogP contribution in [0.3, 0.4) is 0 Å². The fraction of sp³-hybridized carbons (Fsp3) is 0.158. The molecule has 0 spiro atoms. The molecule has 0 unspecified atom stereocenters. The SMILES string of the molecule is Cn1c(=O)c2ccccc2n2c(COC(=O)c3ccc(C(F)(F)F)cc3)nnc12. The zero-order chi connectivity index (χ0) is 20.8. The van der Waals surface area contributed by atoms with Crippen LogP contribution < -0.4 is 5.56 Å². The predicted molar refractivity (Wildman–Crippen MR) is 96.3 cm³/mol. The minimum absolute atomic E-state index is 0.0240. The topological polar surface area (TPSA) is 78.5 Å². The van der Waals surface area contributed by atoms with Crippen LogP contribution in [0.4, 0.5) is 13.2 Å². The molecule has 148 valence electrons. The monoisotopic (exact) mass is 402 g/mol. The highest BCUT2D eigenvalue weighted by atomic mass is 19.4. The molecule has 0 aliphatic rings. The van der Waals surface area contributed by atoms with Crippen molar-refractivity contribution in [2.75, 3.05) is 0 Å². The highest BCUT2D eigenvalue weighted by molar-refractivity contribution is 5.89. The van der Waals surface area contributed by atoms with Crippen molar-refractivity contribution in [1.29, 1.82) is 0 Å². The molecule has 2 heterocycles. The first-order chi connectivity index (χ1) is 13.8. The maximum absolute atomic E-state index is 12.6. The average Bonchev–Trinajstić information content (AvgIpc) is 3.14. The van der Waals surface area contributed by atoms with Crippen molar-refractivity contribution in [2.24, 2.45) is 7.05 Å². The van der Waals surface area contributed by atoms with Crippen molar-refractivity contribution < 1.29 is 22.7 Å². The molecule has 7 nitrogen and oxygen atoms in total. The lowest BCUT2D eigenvalue weighted by Gasteiger charge is -2.09. The lowest BCUT2D eigenvalue weighted by molar-refractivity contribution is -0.137. The number of aryl methyl sites for hydroxylation is 1. The number of hydrogen-bond donors (Lipinski definition) is 0. The van der Waals surface area contributed by atoms with Gasteiger partial charge in [-0.1, -0.05) is 12.1 Å². The molecule has 0 saturated heterocycles. The summed E-state index contributed by atoms with van der Waals surface area (Å²) < 4.78 is 46.0. The molecule has 2 aromatic carbocycles. The van der Waals surface area contributed by atoms with Gasteiger partial charge in [0.2, 0.25) is 5.78 Å². The Bertz CT molecular complexity index is 1290. The van der Waals surface area contributed by atoms with Gasteiger partial charge in [0.05, 0.1) is 22.0 Å². The summed E-state index contributed by atoms with van der Waals surface area (Å²) in [5.74, 6) is -0.258. The number of aromatic nitrogens is 4. The number of benzene rings is 2. The molecule has 4 rings (SSSR count). The van der Waals surface area contributed by atoms with Crippen LogP contribution in [-0.4, -0.2) is 25.1 Å². The number of nitrogens with zero attached hydrogens (tertiary/aromatic N) is 4. The van der Waals surface area contributed by atoms with Crippen molar-refractivity contribution in [3.63, 3.8) is 0 Å². The van der Waals surface area contributed by atoms with Gasteiger partial charge >= 0.3 is 12.1 Å². The third-order valence-corrected chi connectivity index (χ3v) is 4.47. The van der Waals surface area contributed by atoms with Gasteiger partial charge in [-0.05, 0) is 36.4 Å². The highest BCUT2D eigenvalue weighted by Crippen LogP contribution is 2.29. The van der Waals surface area contributed by atoms with Crippen LogP contribution in [0.1, 0.15) is 21.7 Å². The largest absolute Gasteiger partial charge is 0.454 e. The van der Waals surface area contributed by atoms with E-state index in [-0.39, 0.29) is 29.3 Å². The Hall–Kier alpha value is -3.69. The zero-order valence-electron chi connectivity index (χ0n) is 15.0. The second-order valence-corrected chi connectivity index (χ2v) is 6.28. The number of carbonyl (C=O) groups is 1. The maximum Gasteiger partial charge on any atom is 0.416 e. The van der Waals surface area contributed by atoms with Crippen LogP contribution in [0.15, 0.2) is 53.3 Å². The summed E-state index contributed by atoms with van der Waals surface area (Å²) in [7, 11) is 1.55. The number of ether oxygens (including phenoxy) is 1. The lowest BCUT2D eigenvalue weighted by Crippen LogP contribution is -2.20. The van der Waals surface area contributed by atoms with E-state index in [0.717, 1.165) is 24.3 Å². The highest BCUT2D eigenvalue weighted by Gasteiger charge is 2.30. The van der Waals surface area contributed by atoms with Crippen LogP contribution in [0.25, 0.3) is 16.7 Å². The molecular weight excluding hydrogens is 389 g/mol. The number of para-hydroxylation sites is 1. The van der Waals surface area contributed by atoms with E-state index in [1.165, 1.54) is 4.57 Å². The minimum Gasteiger partial charge on any atom is -0.454 e. The second-order valence-electron chi connectivity index (χ2n) is 6.28. The molecule has 0 aliphatic heterocycles. The number of rotatable bonds is 3.